The van der Waals surface area contributed by atoms with Crippen molar-refractivity contribution in [2.75, 3.05) is 0 Å². The van der Waals surface area contributed by atoms with Gasteiger partial charge in [-0.05, 0) is 30.3 Å². The second kappa shape index (κ2) is 3.81. The molecule has 0 amide bonds. The van der Waals surface area contributed by atoms with E-state index in [9.17, 15) is 18.0 Å². The Morgan fingerprint density at radius 1 is 1.11 bits per heavy atom. The lowest BCUT2D eigenvalue weighted by atomic mass is 10.1. The Kier molecular flexibility index (Phi) is 2.35. The second-order valence-corrected chi connectivity index (χ2v) is 4.00. The van der Waals surface area contributed by atoms with Crippen molar-refractivity contribution < 1.29 is 17.6 Å². The normalized spacial score (nSPS) is 12.2. The highest BCUT2D eigenvalue weighted by atomic mass is 19.4. The van der Waals surface area contributed by atoms with E-state index in [4.69, 9.17) is 4.42 Å². The van der Waals surface area contributed by atoms with Crippen LogP contribution in [-0.4, -0.2) is 4.98 Å². The molecule has 6 heteroatoms. The van der Waals surface area contributed by atoms with Crippen LogP contribution in [0.2, 0.25) is 0 Å². The summed E-state index contributed by atoms with van der Waals surface area (Å²) in [6, 6.07) is 5.88. The van der Waals surface area contributed by atoms with Crippen LogP contribution in [0.1, 0.15) is 5.56 Å². The molecular formula is C13H6F3NO2. The first kappa shape index (κ1) is 11.7. The molecule has 0 unspecified atom stereocenters. The zero-order chi connectivity index (χ0) is 13.6. The van der Waals surface area contributed by atoms with Crippen molar-refractivity contribution in [1.82, 2.24) is 4.98 Å². The van der Waals surface area contributed by atoms with E-state index in [1.54, 1.807) is 6.07 Å². The molecule has 0 saturated carbocycles. The molecule has 2 aromatic heterocycles. The topological polar surface area (TPSA) is 43.1 Å². The number of hydrogen-bond acceptors (Lipinski definition) is 3. The summed E-state index contributed by atoms with van der Waals surface area (Å²) in [6.45, 7) is 0. The number of fused-ring (bicyclic) bond motifs is 2. The van der Waals surface area contributed by atoms with E-state index in [2.05, 4.69) is 4.98 Å². The Hall–Kier alpha value is -2.37. The minimum absolute atomic E-state index is 0.0272. The molecule has 0 aliphatic carbocycles. The first-order valence-electron chi connectivity index (χ1n) is 5.35. The van der Waals surface area contributed by atoms with E-state index >= 15 is 0 Å². The molecule has 3 rings (SSSR count). The number of aromatic nitrogens is 1. The summed E-state index contributed by atoms with van der Waals surface area (Å²) in [5, 5.41) is 0.350. The molecule has 0 radical (unpaired) electrons. The van der Waals surface area contributed by atoms with Gasteiger partial charge in [-0.25, -0.2) is 4.98 Å². The van der Waals surface area contributed by atoms with Gasteiger partial charge in [0.15, 0.2) is 0 Å². The third-order valence-corrected chi connectivity index (χ3v) is 2.78. The van der Waals surface area contributed by atoms with Gasteiger partial charge in [0.05, 0.1) is 16.3 Å². The zero-order valence-corrected chi connectivity index (χ0v) is 9.36. The molecule has 1 aromatic carbocycles. The van der Waals surface area contributed by atoms with Crippen molar-refractivity contribution in [3.05, 3.63) is 52.3 Å². The van der Waals surface area contributed by atoms with E-state index in [0.29, 0.717) is 0 Å². The SMILES string of the molecule is O=c1c2ccc(C(F)(F)F)cc2oc2ncccc12. The molecule has 0 saturated heterocycles. The van der Waals surface area contributed by atoms with Crippen LogP contribution in [0.3, 0.4) is 0 Å². The molecule has 0 atom stereocenters. The number of halogens is 3. The smallest absolute Gasteiger partial charge is 0.416 e. The van der Waals surface area contributed by atoms with Gasteiger partial charge in [-0.1, -0.05) is 0 Å². The van der Waals surface area contributed by atoms with Gasteiger partial charge in [-0.15, -0.1) is 0 Å². The Morgan fingerprint density at radius 3 is 2.63 bits per heavy atom. The van der Waals surface area contributed by atoms with Crippen LogP contribution < -0.4 is 5.43 Å². The standard InChI is InChI=1S/C13H6F3NO2/c14-13(15,16)7-3-4-8-10(6-7)19-12-9(11(8)18)2-1-5-17-12/h1-6H. The van der Waals surface area contributed by atoms with Crippen molar-refractivity contribution in [2.45, 2.75) is 6.18 Å². The number of benzene rings is 1. The highest BCUT2D eigenvalue weighted by Crippen LogP contribution is 2.31. The monoisotopic (exact) mass is 265 g/mol. The predicted molar refractivity (Wildman–Crippen MR) is 62.8 cm³/mol. The molecule has 0 fully saturated rings. The number of alkyl halides is 3. The summed E-state index contributed by atoms with van der Waals surface area (Å²) in [7, 11) is 0. The van der Waals surface area contributed by atoms with Crippen LogP contribution in [0, 0.1) is 0 Å². The minimum atomic E-state index is -4.48. The van der Waals surface area contributed by atoms with Gasteiger partial charge in [-0.3, -0.25) is 4.79 Å². The molecule has 96 valence electrons. The Bertz CT molecular complexity index is 837. The summed E-state index contributed by atoms with van der Waals surface area (Å²) in [6.07, 6.45) is -3.07. The molecule has 0 aliphatic heterocycles. The van der Waals surface area contributed by atoms with Crippen molar-refractivity contribution in [1.29, 1.82) is 0 Å². The van der Waals surface area contributed by atoms with Crippen LogP contribution in [0.4, 0.5) is 13.2 Å². The lowest BCUT2D eigenvalue weighted by Crippen LogP contribution is -2.07. The predicted octanol–water partition coefficient (Wildman–Crippen LogP) is 3.36. The van der Waals surface area contributed by atoms with Crippen molar-refractivity contribution >= 4 is 22.1 Å². The Morgan fingerprint density at radius 2 is 1.89 bits per heavy atom. The van der Waals surface area contributed by atoms with Gasteiger partial charge in [0.25, 0.3) is 0 Å². The zero-order valence-electron chi connectivity index (χ0n) is 9.36. The van der Waals surface area contributed by atoms with E-state index in [1.807, 2.05) is 0 Å². The third kappa shape index (κ3) is 1.85. The summed E-state index contributed by atoms with van der Waals surface area (Å²) < 4.78 is 43.0. The van der Waals surface area contributed by atoms with Gasteiger partial charge >= 0.3 is 6.18 Å². The molecule has 0 bridgehead atoms. The van der Waals surface area contributed by atoms with Crippen LogP contribution in [0.15, 0.2) is 45.7 Å². The third-order valence-electron chi connectivity index (χ3n) is 2.78. The van der Waals surface area contributed by atoms with Gasteiger partial charge in [0, 0.05) is 6.20 Å². The van der Waals surface area contributed by atoms with Crippen LogP contribution in [0.25, 0.3) is 22.1 Å². The van der Waals surface area contributed by atoms with Crippen molar-refractivity contribution in [2.24, 2.45) is 0 Å². The highest BCUT2D eigenvalue weighted by molar-refractivity contribution is 5.88. The van der Waals surface area contributed by atoms with E-state index in [-0.39, 0.29) is 22.1 Å². The fourth-order valence-corrected chi connectivity index (χ4v) is 1.86. The fourth-order valence-electron chi connectivity index (χ4n) is 1.86. The largest absolute Gasteiger partial charge is 0.437 e. The first-order valence-corrected chi connectivity index (χ1v) is 5.35. The maximum atomic E-state index is 12.6. The summed E-state index contributed by atoms with van der Waals surface area (Å²) in [5.41, 5.74) is -1.35. The first-order chi connectivity index (χ1) is 8.97. The molecular weight excluding hydrogens is 259 g/mol. The number of rotatable bonds is 0. The van der Waals surface area contributed by atoms with Gasteiger partial charge in [-0.2, -0.15) is 13.2 Å². The van der Waals surface area contributed by atoms with Crippen molar-refractivity contribution in [3.8, 4) is 0 Å². The maximum absolute atomic E-state index is 12.6. The lowest BCUT2D eigenvalue weighted by molar-refractivity contribution is -0.137. The Balaban J connectivity index is 2.42. The molecule has 19 heavy (non-hydrogen) atoms. The van der Waals surface area contributed by atoms with Gasteiger partial charge in [0.2, 0.25) is 11.1 Å². The summed E-state index contributed by atoms with van der Waals surface area (Å²) in [5.74, 6) is 0. The van der Waals surface area contributed by atoms with E-state index in [1.165, 1.54) is 12.3 Å². The van der Waals surface area contributed by atoms with E-state index in [0.717, 1.165) is 18.2 Å². The molecule has 0 spiro atoms. The highest BCUT2D eigenvalue weighted by Gasteiger charge is 2.31. The maximum Gasteiger partial charge on any atom is 0.416 e. The van der Waals surface area contributed by atoms with Crippen LogP contribution in [-0.2, 0) is 6.18 Å². The van der Waals surface area contributed by atoms with Crippen LogP contribution >= 0.6 is 0 Å². The minimum Gasteiger partial charge on any atom is -0.437 e. The molecule has 0 aliphatic rings. The molecule has 2 heterocycles. The van der Waals surface area contributed by atoms with Gasteiger partial charge < -0.3 is 4.42 Å². The van der Waals surface area contributed by atoms with E-state index < -0.39 is 17.2 Å². The number of pyridine rings is 1. The average molecular weight is 265 g/mol. The molecule has 3 nitrogen and oxygen atoms in total. The summed E-state index contributed by atoms with van der Waals surface area (Å²) in [4.78, 5) is 15.9. The molecule has 3 aromatic rings. The number of hydrogen-bond donors (Lipinski definition) is 0. The van der Waals surface area contributed by atoms with Crippen molar-refractivity contribution in [3.63, 3.8) is 0 Å². The molecule has 0 N–H and O–H groups in total. The van der Waals surface area contributed by atoms with Gasteiger partial charge in [0.1, 0.15) is 5.58 Å². The van der Waals surface area contributed by atoms with Crippen LogP contribution in [0.5, 0.6) is 0 Å². The summed E-state index contributed by atoms with van der Waals surface area (Å²) >= 11 is 0. The lowest BCUT2D eigenvalue weighted by Gasteiger charge is -2.07. The number of nitrogens with zero attached hydrogens (tertiary/aromatic N) is 1. The fraction of sp³-hybridized carbons (Fsp3) is 0.0769. The second-order valence-electron chi connectivity index (χ2n) is 4.00. The average Bonchev–Trinajstić information content (AvgIpc) is 2.37. The Labute approximate surface area is 104 Å². The quantitative estimate of drug-likeness (QED) is 0.585.